The Morgan fingerprint density at radius 1 is 1.22 bits per heavy atom. The van der Waals surface area contributed by atoms with Gasteiger partial charge in [-0.05, 0) is 43.3 Å². The number of alkyl halides is 2. The van der Waals surface area contributed by atoms with E-state index in [1.54, 1.807) is 31.2 Å². The molecule has 0 aliphatic carbocycles. The van der Waals surface area contributed by atoms with Gasteiger partial charge in [-0.3, -0.25) is 4.79 Å². The second-order valence-electron chi connectivity index (χ2n) is 4.44. The Balaban J connectivity index is 2.21. The molecular weight excluding hydrogens is 328 g/mol. The van der Waals surface area contributed by atoms with Crippen molar-refractivity contribution < 1.29 is 23.0 Å². The van der Waals surface area contributed by atoms with Crippen molar-refractivity contribution in [3.63, 3.8) is 0 Å². The van der Waals surface area contributed by atoms with E-state index in [4.69, 9.17) is 16.3 Å². The first-order valence-electron chi connectivity index (χ1n) is 6.78. The summed E-state index contributed by atoms with van der Waals surface area (Å²) in [6, 6.07) is 10.6. The van der Waals surface area contributed by atoms with Crippen LogP contribution in [0.3, 0.4) is 0 Å². The van der Waals surface area contributed by atoms with Gasteiger partial charge in [-0.25, -0.2) is 0 Å². The number of rotatable bonds is 6. The Morgan fingerprint density at radius 2 is 2.00 bits per heavy atom. The monoisotopic (exact) mass is 341 g/mol. The highest BCUT2D eigenvalue weighted by molar-refractivity contribution is 6.30. The first-order valence-corrected chi connectivity index (χ1v) is 7.16. The fourth-order valence-electron chi connectivity index (χ4n) is 1.88. The molecule has 0 heterocycles. The summed E-state index contributed by atoms with van der Waals surface area (Å²) in [6.45, 7) is -1.02. The average Bonchev–Trinajstić information content (AvgIpc) is 2.48. The SMILES string of the molecule is CCOc1cc(C(=O)Nc2cccc(Cl)c2)ccc1OC(F)F. The lowest BCUT2D eigenvalue weighted by Gasteiger charge is -2.13. The molecule has 0 bridgehead atoms. The van der Waals surface area contributed by atoms with Crippen LogP contribution in [0.5, 0.6) is 11.5 Å². The molecule has 0 saturated heterocycles. The molecule has 0 aliphatic rings. The van der Waals surface area contributed by atoms with Crippen LogP contribution in [0.2, 0.25) is 5.02 Å². The van der Waals surface area contributed by atoms with Crippen molar-refractivity contribution >= 4 is 23.2 Å². The Bertz CT molecular complexity index is 695. The summed E-state index contributed by atoms with van der Waals surface area (Å²) < 4.78 is 34.3. The van der Waals surface area contributed by atoms with E-state index in [0.717, 1.165) is 0 Å². The molecule has 7 heteroatoms. The van der Waals surface area contributed by atoms with Gasteiger partial charge < -0.3 is 14.8 Å². The summed E-state index contributed by atoms with van der Waals surface area (Å²) in [5.74, 6) is -0.468. The molecule has 2 aromatic carbocycles. The van der Waals surface area contributed by atoms with E-state index in [2.05, 4.69) is 10.1 Å². The van der Waals surface area contributed by atoms with Gasteiger partial charge in [-0.2, -0.15) is 8.78 Å². The zero-order valence-corrected chi connectivity index (χ0v) is 12.9. The third-order valence-corrected chi connectivity index (χ3v) is 3.04. The Labute approximate surface area is 137 Å². The molecule has 0 atom stereocenters. The van der Waals surface area contributed by atoms with Crippen molar-refractivity contribution in [2.75, 3.05) is 11.9 Å². The standard InChI is InChI=1S/C16H14ClF2NO3/c1-2-22-14-8-10(6-7-13(14)23-16(18)19)15(21)20-12-5-3-4-11(17)9-12/h3-9,16H,2H2,1H3,(H,20,21). The highest BCUT2D eigenvalue weighted by Gasteiger charge is 2.14. The van der Waals surface area contributed by atoms with Crippen LogP contribution in [0, 0.1) is 0 Å². The molecule has 0 aliphatic heterocycles. The number of halogens is 3. The van der Waals surface area contributed by atoms with E-state index >= 15 is 0 Å². The van der Waals surface area contributed by atoms with Gasteiger partial charge in [0.25, 0.3) is 5.91 Å². The number of hydrogen-bond acceptors (Lipinski definition) is 3. The minimum absolute atomic E-state index is 0.0755. The van der Waals surface area contributed by atoms with Gasteiger partial charge in [-0.1, -0.05) is 17.7 Å². The van der Waals surface area contributed by atoms with E-state index in [-0.39, 0.29) is 23.7 Å². The van der Waals surface area contributed by atoms with Crippen molar-refractivity contribution in [2.24, 2.45) is 0 Å². The molecule has 2 rings (SSSR count). The smallest absolute Gasteiger partial charge is 0.387 e. The number of carbonyl (C=O) groups is 1. The van der Waals surface area contributed by atoms with Gasteiger partial charge in [0.2, 0.25) is 0 Å². The zero-order valence-electron chi connectivity index (χ0n) is 12.2. The van der Waals surface area contributed by atoms with Crippen LogP contribution < -0.4 is 14.8 Å². The van der Waals surface area contributed by atoms with Crippen molar-refractivity contribution in [1.82, 2.24) is 0 Å². The van der Waals surface area contributed by atoms with E-state index in [0.29, 0.717) is 10.7 Å². The quantitative estimate of drug-likeness (QED) is 0.835. The molecule has 4 nitrogen and oxygen atoms in total. The summed E-state index contributed by atoms with van der Waals surface area (Å²) in [5.41, 5.74) is 0.767. The van der Waals surface area contributed by atoms with Gasteiger partial charge in [0.1, 0.15) is 0 Å². The van der Waals surface area contributed by atoms with Crippen LogP contribution in [0.25, 0.3) is 0 Å². The summed E-state index contributed by atoms with van der Waals surface area (Å²) in [6.07, 6.45) is 0. The van der Waals surface area contributed by atoms with E-state index in [1.165, 1.54) is 18.2 Å². The van der Waals surface area contributed by atoms with Crippen LogP contribution in [0.4, 0.5) is 14.5 Å². The minimum atomic E-state index is -2.97. The molecule has 2 aromatic rings. The minimum Gasteiger partial charge on any atom is -0.490 e. The molecule has 0 unspecified atom stereocenters. The van der Waals surface area contributed by atoms with E-state index in [9.17, 15) is 13.6 Å². The maximum Gasteiger partial charge on any atom is 0.387 e. The van der Waals surface area contributed by atoms with E-state index in [1.807, 2.05) is 0 Å². The molecule has 0 spiro atoms. The third-order valence-electron chi connectivity index (χ3n) is 2.80. The van der Waals surface area contributed by atoms with Gasteiger partial charge in [0.15, 0.2) is 11.5 Å². The second kappa shape index (κ2) is 7.78. The molecule has 0 radical (unpaired) electrons. The lowest BCUT2D eigenvalue weighted by atomic mass is 10.2. The van der Waals surface area contributed by atoms with Crippen molar-refractivity contribution in [1.29, 1.82) is 0 Å². The lowest BCUT2D eigenvalue weighted by Crippen LogP contribution is -2.12. The lowest BCUT2D eigenvalue weighted by molar-refractivity contribution is -0.0514. The fourth-order valence-corrected chi connectivity index (χ4v) is 2.07. The number of hydrogen-bond donors (Lipinski definition) is 1. The summed E-state index contributed by atoms with van der Waals surface area (Å²) >= 11 is 5.85. The molecular formula is C16H14ClF2NO3. The Hall–Kier alpha value is -2.34. The molecule has 0 fully saturated rings. The third kappa shape index (κ3) is 4.82. The second-order valence-corrected chi connectivity index (χ2v) is 4.87. The summed E-state index contributed by atoms with van der Waals surface area (Å²) in [5, 5.41) is 3.15. The molecule has 1 N–H and O–H groups in total. The van der Waals surface area contributed by atoms with E-state index < -0.39 is 12.5 Å². The predicted octanol–water partition coefficient (Wildman–Crippen LogP) is 4.59. The van der Waals surface area contributed by atoms with Crippen molar-refractivity contribution in [2.45, 2.75) is 13.5 Å². The fraction of sp³-hybridized carbons (Fsp3) is 0.188. The normalized spacial score (nSPS) is 10.5. The summed E-state index contributed by atoms with van der Waals surface area (Å²) in [7, 11) is 0. The first-order chi connectivity index (χ1) is 11.0. The number of ether oxygens (including phenoxy) is 2. The molecule has 0 aromatic heterocycles. The number of carbonyl (C=O) groups excluding carboxylic acids is 1. The highest BCUT2D eigenvalue weighted by Crippen LogP contribution is 2.30. The molecule has 1 amide bonds. The molecule has 122 valence electrons. The maximum atomic E-state index is 12.4. The van der Waals surface area contributed by atoms with Crippen LogP contribution in [0.1, 0.15) is 17.3 Å². The largest absolute Gasteiger partial charge is 0.490 e. The number of amides is 1. The van der Waals surface area contributed by atoms with Crippen LogP contribution >= 0.6 is 11.6 Å². The number of benzene rings is 2. The average molecular weight is 342 g/mol. The van der Waals surface area contributed by atoms with Crippen molar-refractivity contribution in [3.05, 3.63) is 53.1 Å². The molecule has 23 heavy (non-hydrogen) atoms. The topological polar surface area (TPSA) is 47.6 Å². The Kier molecular flexibility index (Phi) is 5.76. The van der Waals surface area contributed by atoms with Gasteiger partial charge >= 0.3 is 6.61 Å². The van der Waals surface area contributed by atoms with Crippen molar-refractivity contribution in [3.8, 4) is 11.5 Å². The van der Waals surface area contributed by atoms with Crippen LogP contribution in [-0.4, -0.2) is 19.1 Å². The molecule has 0 saturated carbocycles. The highest BCUT2D eigenvalue weighted by atomic mass is 35.5. The predicted molar refractivity (Wildman–Crippen MR) is 83.6 cm³/mol. The van der Waals surface area contributed by atoms with Crippen LogP contribution in [-0.2, 0) is 0 Å². The number of anilines is 1. The van der Waals surface area contributed by atoms with Gasteiger partial charge in [-0.15, -0.1) is 0 Å². The summed E-state index contributed by atoms with van der Waals surface area (Å²) in [4.78, 5) is 12.2. The van der Waals surface area contributed by atoms with Gasteiger partial charge in [0, 0.05) is 16.3 Å². The number of nitrogens with one attached hydrogen (secondary N) is 1. The Morgan fingerprint density at radius 3 is 2.65 bits per heavy atom. The van der Waals surface area contributed by atoms with Gasteiger partial charge in [0.05, 0.1) is 6.61 Å². The first kappa shape index (κ1) is 17.0. The maximum absolute atomic E-state index is 12.4. The zero-order chi connectivity index (χ0) is 16.8. The van der Waals surface area contributed by atoms with Crippen LogP contribution in [0.15, 0.2) is 42.5 Å².